The molecule has 2 aromatic carbocycles. The Balaban J connectivity index is 2.11. The third-order valence-electron chi connectivity index (χ3n) is 3.04. The molecule has 4 heteroatoms. The van der Waals surface area contributed by atoms with Crippen molar-refractivity contribution in [2.45, 2.75) is 6.10 Å². The summed E-state index contributed by atoms with van der Waals surface area (Å²) >= 11 is 0. The average Bonchev–Trinajstić information content (AvgIpc) is 2.51. The Morgan fingerprint density at radius 2 is 1.58 bits per heavy atom. The van der Waals surface area contributed by atoms with Crippen molar-refractivity contribution < 1.29 is 19.4 Å². The van der Waals surface area contributed by atoms with Gasteiger partial charge in [0.2, 0.25) is 6.79 Å². The Labute approximate surface area is 110 Å². The zero-order valence-corrected chi connectivity index (χ0v) is 10.1. The van der Waals surface area contributed by atoms with Crippen molar-refractivity contribution in [2.75, 3.05) is 6.79 Å². The minimum Gasteiger partial charge on any atom is -0.457 e. The third kappa shape index (κ3) is 2.06. The van der Waals surface area contributed by atoms with Gasteiger partial charge in [0.1, 0.15) is 17.6 Å². The summed E-state index contributed by atoms with van der Waals surface area (Å²) in [6.45, 7) is -0.00593. The fourth-order valence-electron chi connectivity index (χ4n) is 2.08. The molecule has 1 atom stereocenters. The van der Waals surface area contributed by atoms with Gasteiger partial charge in [0.25, 0.3) is 0 Å². The average molecular weight is 256 g/mol. The molecule has 19 heavy (non-hydrogen) atoms. The highest BCUT2D eigenvalue weighted by molar-refractivity contribution is 6.02. The van der Waals surface area contributed by atoms with Crippen LogP contribution in [0.25, 0.3) is 0 Å². The molecule has 0 aromatic heterocycles. The second kappa shape index (κ2) is 4.74. The molecule has 1 aliphatic rings. The third-order valence-corrected chi connectivity index (χ3v) is 3.04. The van der Waals surface area contributed by atoms with Gasteiger partial charge >= 0.3 is 0 Å². The van der Waals surface area contributed by atoms with Gasteiger partial charge in [-0.3, -0.25) is 4.79 Å². The van der Waals surface area contributed by atoms with Gasteiger partial charge in [-0.2, -0.15) is 0 Å². The summed E-state index contributed by atoms with van der Waals surface area (Å²) in [5.74, 6) is 0.476. The molecule has 1 aliphatic heterocycles. The summed E-state index contributed by atoms with van der Waals surface area (Å²) in [7, 11) is 0. The first-order chi connectivity index (χ1) is 9.27. The number of ether oxygens (including phenoxy) is 2. The first-order valence-corrected chi connectivity index (χ1v) is 5.93. The number of carbonyl (C=O) groups excluding carboxylic acids is 1. The topological polar surface area (TPSA) is 55.8 Å². The highest BCUT2D eigenvalue weighted by Crippen LogP contribution is 2.32. The molecule has 0 saturated heterocycles. The summed E-state index contributed by atoms with van der Waals surface area (Å²) in [6, 6.07) is 13.7. The van der Waals surface area contributed by atoms with Crippen LogP contribution in [0.5, 0.6) is 11.5 Å². The van der Waals surface area contributed by atoms with Crippen LogP contribution in [0.1, 0.15) is 22.0 Å². The maximum absolute atomic E-state index is 12.3. The first-order valence-electron chi connectivity index (χ1n) is 5.93. The lowest BCUT2D eigenvalue weighted by Crippen LogP contribution is -2.12. The highest BCUT2D eigenvalue weighted by atomic mass is 16.7. The molecular formula is C15H12O4. The fraction of sp³-hybridized carbons (Fsp3) is 0.133. The van der Waals surface area contributed by atoms with Crippen molar-refractivity contribution in [3.63, 3.8) is 0 Å². The Morgan fingerprint density at radius 1 is 0.947 bits per heavy atom. The van der Waals surface area contributed by atoms with Gasteiger partial charge in [0.15, 0.2) is 5.78 Å². The summed E-state index contributed by atoms with van der Waals surface area (Å²) in [5, 5.41) is 10.2. The van der Waals surface area contributed by atoms with E-state index in [1.807, 2.05) is 0 Å². The van der Waals surface area contributed by atoms with Crippen molar-refractivity contribution in [3.8, 4) is 11.5 Å². The molecule has 1 heterocycles. The molecule has 0 amide bonds. The summed E-state index contributed by atoms with van der Waals surface area (Å²) in [4.78, 5) is 12.3. The Hall–Kier alpha value is -2.33. The van der Waals surface area contributed by atoms with Gasteiger partial charge < -0.3 is 14.6 Å². The molecule has 0 spiro atoms. The molecule has 4 nitrogen and oxygen atoms in total. The summed E-state index contributed by atoms with van der Waals surface area (Å²) < 4.78 is 10.9. The van der Waals surface area contributed by atoms with Gasteiger partial charge in [-0.1, -0.05) is 30.3 Å². The van der Waals surface area contributed by atoms with E-state index in [9.17, 15) is 9.90 Å². The van der Waals surface area contributed by atoms with E-state index in [0.717, 1.165) is 0 Å². The Bertz CT molecular complexity index is 621. The van der Waals surface area contributed by atoms with Crippen LogP contribution in [0.3, 0.4) is 0 Å². The lowest BCUT2D eigenvalue weighted by atomic mass is 9.99. The van der Waals surface area contributed by atoms with E-state index in [4.69, 9.17) is 9.47 Å². The SMILES string of the molecule is O=C1c2ccccc2OCOc2ccccc2C1O. The van der Waals surface area contributed by atoms with Crippen molar-refractivity contribution in [1.82, 2.24) is 0 Å². The smallest absolute Gasteiger partial charge is 0.230 e. The molecule has 0 radical (unpaired) electrons. The number of hydrogen-bond donors (Lipinski definition) is 1. The molecule has 1 unspecified atom stereocenters. The van der Waals surface area contributed by atoms with Crippen molar-refractivity contribution >= 4 is 5.78 Å². The van der Waals surface area contributed by atoms with Crippen molar-refractivity contribution in [2.24, 2.45) is 0 Å². The Kier molecular flexibility index (Phi) is 2.93. The number of Topliss-reactive ketones (excluding diaryl/α,β-unsaturated/α-hetero) is 1. The van der Waals surface area contributed by atoms with Crippen molar-refractivity contribution in [1.29, 1.82) is 0 Å². The van der Waals surface area contributed by atoms with Gasteiger partial charge in [0.05, 0.1) is 5.56 Å². The molecular weight excluding hydrogens is 244 g/mol. The molecule has 1 N–H and O–H groups in total. The van der Waals surface area contributed by atoms with Crippen LogP contribution in [0, 0.1) is 0 Å². The van der Waals surface area contributed by atoms with Crippen LogP contribution in [0.4, 0.5) is 0 Å². The summed E-state index contributed by atoms with van der Waals surface area (Å²) in [5.41, 5.74) is 0.808. The maximum Gasteiger partial charge on any atom is 0.230 e. The lowest BCUT2D eigenvalue weighted by Gasteiger charge is -2.12. The number of aliphatic hydroxyl groups is 1. The second-order valence-electron chi connectivity index (χ2n) is 4.21. The van der Waals surface area contributed by atoms with E-state index in [0.29, 0.717) is 22.6 Å². The molecule has 2 aromatic rings. The number of ketones is 1. The molecule has 0 bridgehead atoms. The van der Waals surface area contributed by atoms with E-state index in [2.05, 4.69) is 0 Å². The minimum absolute atomic E-state index is 0.00593. The van der Waals surface area contributed by atoms with Gasteiger partial charge in [0, 0.05) is 5.56 Å². The number of rotatable bonds is 0. The normalized spacial score (nSPS) is 17.9. The monoisotopic (exact) mass is 256 g/mol. The number of hydrogen-bond acceptors (Lipinski definition) is 4. The molecule has 0 fully saturated rings. The van der Waals surface area contributed by atoms with E-state index in [1.165, 1.54) is 0 Å². The number of aliphatic hydroxyl groups excluding tert-OH is 1. The lowest BCUT2D eigenvalue weighted by molar-refractivity contribution is 0.0743. The molecule has 3 rings (SSSR count). The zero-order valence-electron chi connectivity index (χ0n) is 10.1. The summed E-state index contributed by atoms with van der Waals surface area (Å²) in [6.07, 6.45) is -1.25. The maximum atomic E-state index is 12.3. The molecule has 0 aliphatic carbocycles. The van der Waals surface area contributed by atoms with Crippen LogP contribution in [-0.2, 0) is 0 Å². The van der Waals surface area contributed by atoms with E-state index < -0.39 is 11.9 Å². The number of carbonyl (C=O) groups is 1. The Morgan fingerprint density at radius 3 is 2.42 bits per heavy atom. The second-order valence-corrected chi connectivity index (χ2v) is 4.21. The van der Waals surface area contributed by atoms with Crippen LogP contribution in [0.15, 0.2) is 48.5 Å². The molecule has 96 valence electrons. The minimum atomic E-state index is -1.25. The molecule has 0 saturated carbocycles. The predicted molar refractivity (Wildman–Crippen MR) is 68.3 cm³/mol. The quantitative estimate of drug-likeness (QED) is 0.786. The first kappa shape index (κ1) is 11.7. The van der Waals surface area contributed by atoms with E-state index >= 15 is 0 Å². The van der Waals surface area contributed by atoms with Gasteiger partial charge in [-0.25, -0.2) is 0 Å². The number of fused-ring (bicyclic) bond motifs is 2. The standard InChI is InChI=1S/C15H12O4/c16-14-10-5-1-3-7-12(10)18-9-19-13-8-4-2-6-11(13)15(14)17/h1-8,14,16H,9H2. The van der Waals surface area contributed by atoms with Crippen molar-refractivity contribution in [3.05, 3.63) is 59.7 Å². The van der Waals surface area contributed by atoms with Crippen LogP contribution >= 0.6 is 0 Å². The predicted octanol–water partition coefficient (Wildman–Crippen LogP) is 2.33. The largest absolute Gasteiger partial charge is 0.457 e. The highest BCUT2D eigenvalue weighted by Gasteiger charge is 2.26. The van der Waals surface area contributed by atoms with Crippen LogP contribution in [-0.4, -0.2) is 17.7 Å². The number of benzene rings is 2. The zero-order chi connectivity index (χ0) is 13.2. The van der Waals surface area contributed by atoms with E-state index in [-0.39, 0.29) is 6.79 Å². The van der Waals surface area contributed by atoms with Crippen LogP contribution < -0.4 is 9.47 Å². The van der Waals surface area contributed by atoms with E-state index in [1.54, 1.807) is 48.5 Å². The number of para-hydroxylation sites is 2. The van der Waals surface area contributed by atoms with Gasteiger partial charge in [-0.05, 0) is 18.2 Å². The van der Waals surface area contributed by atoms with Gasteiger partial charge in [-0.15, -0.1) is 0 Å². The van der Waals surface area contributed by atoms with Crippen LogP contribution in [0.2, 0.25) is 0 Å². The fourth-order valence-corrected chi connectivity index (χ4v) is 2.08.